The molecule has 0 bridgehead atoms. The lowest BCUT2D eigenvalue weighted by Crippen LogP contribution is -2.05. The molecule has 0 radical (unpaired) electrons. The molecule has 0 saturated heterocycles. The van der Waals surface area contributed by atoms with Crippen molar-refractivity contribution in [2.75, 3.05) is 13.7 Å². The van der Waals surface area contributed by atoms with Gasteiger partial charge < -0.3 is 14.6 Å². The second-order valence-electron chi connectivity index (χ2n) is 3.37. The largest absolute Gasteiger partial charge is 0.493 e. The minimum absolute atomic E-state index is 0.0593. The van der Waals surface area contributed by atoms with Gasteiger partial charge in [0, 0.05) is 5.56 Å². The molecule has 0 atom stereocenters. The van der Waals surface area contributed by atoms with Gasteiger partial charge in [0.15, 0.2) is 11.5 Å². The Bertz CT molecular complexity index is 360. The van der Waals surface area contributed by atoms with Crippen LogP contribution in [0.1, 0.15) is 18.9 Å². The molecule has 88 valence electrons. The van der Waals surface area contributed by atoms with Crippen LogP contribution in [-0.4, -0.2) is 24.8 Å². The Kier molecular flexibility index (Phi) is 4.64. The first-order valence-corrected chi connectivity index (χ1v) is 5.19. The maximum absolute atomic E-state index is 10.7. The fourth-order valence-electron chi connectivity index (χ4n) is 1.39. The number of rotatable bonds is 6. The third-order valence-corrected chi connectivity index (χ3v) is 2.07. The first-order chi connectivity index (χ1) is 7.69. The highest BCUT2D eigenvalue weighted by molar-refractivity contribution is 5.72. The summed E-state index contributed by atoms with van der Waals surface area (Å²) >= 11 is 0. The molecule has 1 aromatic rings. The van der Waals surface area contributed by atoms with Gasteiger partial charge in [0.05, 0.1) is 20.1 Å². The van der Waals surface area contributed by atoms with E-state index in [1.807, 2.05) is 6.92 Å². The zero-order valence-electron chi connectivity index (χ0n) is 9.53. The van der Waals surface area contributed by atoms with Crippen LogP contribution in [0.25, 0.3) is 0 Å². The lowest BCUT2D eigenvalue weighted by Gasteiger charge is -2.13. The number of methoxy groups -OCH3 is 1. The minimum Gasteiger partial charge on any atom is -0.493 e. The molecular weight excluding hydrogens is 208 g/mol. The van der Waals surface area contributed by atoms with Crippen LogP contribution in [0.4, 0.5) is 0 Å². The van der Waals surface area contributed by atoms with Crippen molar-refractivity contribution < 1.29 is 19.4 Å². The van der Waals surface area contributed by atoms with E-state index in [0.29, 0.717) is 23.7 Å². The number of carbonyl (C=O) groups is 1. The van der Waals surface area contributed by atoms with Gasteiger partial charge in [-0.3, -0.25) is 4.79 Å². The van der Waals surface area contributed by atoms with E-state index >= 15 is 0 Å². The smallest absolute Gasteiger partial charge is 0.307 e. The summed E-state index contributed by atoms with van der Waals surface area (Å²) in [7, 11) is 1.54. The van der Waals surface area contributed by atoms with Gasteiger partial charge in [-0.05, 0) is 12.5 Å². The molecule has 0 unspecified atom stereocenters. The molecule has 1 N–H and O–H groups in total. The molecule has 4 heteroatoms. The molecule has 4 nitrogen and oxygen atoms in total. The van der Waals surface area contributed by atoms with E-state index in [0.717, 1.165) is 6.42 Å². The standard InChI is InChI=1S/C12H16O4/c1-3-7-16-12-9(8-11(13)14)5-4-6-10(12)15-2/h4-6H,3,7-8H2,1-2H3,(H,13,14). The molecule has 16 heavy (non-hydrogen) atoms. The molecule has 0 saturated carbocycles. The van der Waals surface area contributed by atoms with Gasteiger partial charge in [0.1, 0.15) is 0 Å². The Morgan fingerprint density at radius 2 is 2.19 bits per heavy atom. The van der Waals surface area contributed by atoms with Crippen molar-refractivity contribution in [1.82, 2.24) is 0 Å². The Labute approximate surface area is 94.8 Å². The minimum atomic E-state index is -0.880. The molecule has 1 aromatic carbocycles. The molecule has 0 aliphatic heterocycles. The van der Waals surface area contributed by atoms with Crippen LogP contribution < -0.4 is 9.47 Å². The number of benzene rings is 1. The third kappa shape index (κ3) is 3.15. The van der Waals surface area contributed by atoms with Gasteiger partial charge >= 0.3 is 5.97 Å². The summed E-state index contributed by atoms with van der Waals surface area (Å²) in [6.07, 6.45) is 0.806. The van der Waals surface area contributed by atoms with Gasteiger partial charge in [-0.1, -0.05) is 19.1 Å². The number of carboxylic acids is 1. The Morgan fingerprint density at radius 1 is 1.44 bits per heavy atom. The SMILES string of the molecule is CCCOc1c(CC(=O)O)cccc1OC. The quantitative estimate of drug-likeness (QED) is 0.804. The average molecular weight is 224 g/mol. The maximum atomic E-state index is 10.7. The number of hydrogen-bond donors (Lipinski definition) is 1. The summed E-state index contributed by atoms with van der Waals surface area (Å²) in [4.78, 5) is 10.7. The number of ether oxygens (including phenoxy) is 2. The predicted molar refractivity (Wildman–Crippen MR) is 60.1 cm³/mol. The molecular formula is C12H16O4. The van der Waals surface area contributed by atoms with E-state index in [2.05, 4.69) is 0 Å². The molecule has 0 amide bonds. The number of hydrogen-bond acceptors (Lipinski definition) is 3. The fourth-order valence-corrected chi connectivity index (χ4v) is 1.39. The zero-order chi connectivity index (χ0) is 12.0. The van der Waals surface area contributed by atoms with Crippen LogP contribution in [0.2, 0.25) is 0 Å². The summed E-state index contributed by atoms with van der Waals surface area (Å²) < 4.78 is 10.7. The van der Waals surface area contributed by atoms with Gasteiger partial charge in [-0.15, -0.1) is 0 Å². The second-order valence-corrected chi connectivity index (χ2v) is 3.37. The van der Waals surface area contributed by atoms with Crippen molar-refractivity contribution in [3.05, 3.63) is 23.8 Å². The normalized spacial score (nSPS) is 9.88. The van der Waals surface area contributed by atoms with Crippen LogP contribution >= 0.6 is 0 Å². The van der Waals surface area contributed by atoms with Crippen molar-refractivity contribution in [3.8, 4) is 11.5 Å². The lowest BCUT2D eigenvalue weighted by atomic mass is 10.1. The highest BCUT2D eigenvalue weighted by Crippen LogP contribution is 2.31. The topological polar surface area (TPSA) is 55.8 Å². The first kappa shape index (κ1) is 12.4. The van der Waals surface area contributed by atoms with Crippen molar-refractivity contribution in [3.63, 3.8) is 0 Å². The van der Waals surface area contributed by atoms with E-state index in [4.69, 9.17) is 14.6 Å². The van der Waals surface area contributed by atoms with Crippen LogP contribution in [0.15, 0.2) is 18.2 Å². The molecule has 0 aliphatic rings. The van der Waals surface area contributed by atoms with Crippen LogP contribution in [0.3, 0.4) is 0 Å². The van der Waals surface area contributed by atoms with E-state index in [1.165, 1.54) is 0 Å². The summed E-state index contributed by atoms with van der Waals surface area (Å²) in [6.45, 7) is 2.54. The summed E-state index contributed by atoms with van der Waals surface area (Å²) in [5.74, 6) is 0.232. The lowest BCUT2D eigenvalue weighted by molar-refractivity contribution is -0.136. The maximum Gasteiger partial charge on any atom is 0.307 e. The Morgan fingerprint density at radius 3 is 2.75 bits per heavy atom. The average Bonchev–Trinajstić information content (AvgIpc) is 2.26. The summed E-state index contributed by atoms with van der Waals surface area (Å²) in [5.41, 5.74) is 0.639. The monoisotopic (exact) mass is 224 g/mol. The van der Waals surface area contributed by atoms with E-state index < -0.39 is 5.97 Å². The Hall–Kier alpha value is -1.71. The number of carboxylic acid groups (broad SMARTS) is 1. The fraction of sp³-hybridized carbons (Fsp3) is 0.417. The van der Waals surface area contributed by atoms with Crippen LogP contribution in [0, 0.1) is 0 Å². The molecule has 0 aliphatic carbocycles. The summed E-state index contributed by atoms with van der Waals surface area (Å²) in [6, 6.07) is 5.26. The molecule has 0 heterocycles. The first-order valence-electron chi connectivity index (χ1n) is 5.19. The van der Waals surface area contributed by atoms with Crippen molar-refractivity contribution in [2.45, 2.75) is 19.8 Å². The number of para-hydroxylation sites is 1. The summed E-state index contributed by atoms with van der Waals surface area (Å²) in [5, 5.41) is 8.78. The van der Waals surface area contributed by atoms with E-state index in [1.54, 1.807) is 25.3 Å². The van der Waals surface area contributed by atoms with Crippen molar-refractivity contribution >= 4 is 5.97 Å². The molecule has 0 fully saturated rings. The third-order valence-electron chi connectivity index (χ3n) is 2.07. The molecule has 0 aromatic heterocycles. The van der Waals surface area contributed by atoms with Gasteiger partial charge in [-0.2, -0.15) is 0 Å². The highest BCUT2D eigenvalue weighted by atomic mass is 16.5. The highest BCUT2D eigenvalue weighted by Gasteiger charge is 2.12. The number of aliphatic carboxylic acids is 1. The zero-order valence-corrected chi connectivity index (χ0v) is 9.53. The van der Waals surface area contributed by atoms with Gasteiger partial charge in [0.2, 0.25) is 0 Å². The molecule has 0 spiro atoms. The van der Waals surface area contributed by atoms with E-state index in [9.17, 15) is 4.79 Å². The van der Waals surface area contributed by atoms with E-state index in [-0.39, 0.29) is 6.42 Å². The van der Waals surface area contributed by atoms with Crippen molar-refractivity contribution in [2.24, 2.45) is 0 Å². The van der Waals surface area contributed by atoms with Gasteiger partial charge in [-0.25, -0.2) is 0 Å². The second kappa shape index (κ2) is 6.00. The Balaban J connectivity index is 2.99. The van der Waals surface area contributed by atoms with Crippen LogP contribution in [-0.2, 0) is 11.2 Å². The van der Waals surface area contributed by atoms with Crippen molar-refractivity contribution in [1.29, 1.82) is 0 Å². The van der Waals surface area contributed by atoms with Crippen LogP contribution in [0.5, 0.6) is 11.5 Å². The molecule has 1 rings (SSSR count). The predicted octanol–water partition coefficient (Wildman–Crippen LogP) is 2.11. The van der Waals surface area contributed by atoms with Gasteiger partial charge in [0.25, 0.3) is 0 Å².